The molecule has 1 aliphatic rings. The molecule has 7 nitrogen and oxygen atoms in total. The fraction of sp³-hybridized carbons (Fsp3) is 0.458. The summed E-state index contributed by atoms with van der Waals surface area (Å²) in [7, 11) is 0. The summed E-state index contributed by atoms with van der Waals surface area (Å²) in [6.45, 7) is 5.58. The van der Waals surface area contributed by atoms with Crippen LogP contribution in [0.1, 0.15) is 43.7 Å². The molecule has 0 radical (unpaired) electrons. The highest BCUT2D eigenvalue weighted by atomic mass is 16.5. The molecule has 1 saturated heterocycles. The molecule has 2 amide bonds. The minimum atomic E-state index is -0.507. The number of aromatic nitrogens is 1. The quantitative estimate of drug-likeness (QED) is 0.667. The molecule has 1 fully saturated rings. The summed E-state index contributed by atoms with van der Waals surface area (Å²) in [5.41, 5.74) is 1.97. The summed E-state index contributed by atoms with van der Waals surface area (Å²) in [5.74, 6) is 1.09. The number of hydrogen-bond donors (Lipinski definition) is 1. The number of aryl methyl sites for hydroxylation is 1. The van der Waals surface area contributed by atoms with Crippen LogP contribution < -0.4 is 14.8 Å². The standard InChI is InChI=1S/C24H31N3O4/c1-3-14-30-22-8-7-19(15-18(22)2)16-27(21-6-4-5-11-26-24(21)29)23(28)17-31-20-9-12-25-13-10-20/h7-10,12-13,15,21H,3-6,11,14,16-17H2,1-2H3,(H,26,29)/t21-/m0/s1. The number of ether oxygens (including phenoxy) is 2. The van der Waals surface area contributed by atoms with Gasteiger partial charge in [-0.2, -0.15) is 0 Å². The van der Waals surface area contributed by atoms with E-state index in [-0.39, 0.29) is 18.4 Å². The summed E-state index contributed by atoms with van der Waals surface area (Å²) in [5, 5.41) is 2.93. The molecule has 2 aromatic rings. The minimum absolute atomic E-state index is 0.102. The maximum atomic E-state index is 13.2. The van der Waals surface area contributed by atoms with E-state index < -0.39 is 6.04 Å². The third-order valence-electron chi connectivity index (χ3n) is 5.27. The van der Waals surface area contributed by atoms with Crippen molar-refractivity contribution in [3.63, 3.8) is 0 Å². The largest absolute Gasteiger partial charge is 0.493 e. The van der Waals surface area contributed by atoms with Crippen molar-refractivity contribution in [2.75, 3.05) is 19.8 Å². The molecular weight excluding hydrogens is 394 g/mol. The second-order valence-electron chi connectivity index (χ2n) is 7.74. The van der Waals surface area contributed by atoms with Crippen LogP contribution >= 0.6 is 0 Å². The maximum Gasteiger partial charge on any atom is 0.261 e. The van der Waals surface area contributed by atoms with Crippen LogP contribution in [-0.2, 0) is 16.1 Å². The third-order valence-corrected chi connectivity index (χ3v) is 5.27. The van der Waals surface area contributed by atoms with Crippen molar-refractivity contribution in [2.45, 2.75) is 52.1 Å². The monoisotopic (exact) mass is 425 g/mol. The predicted octanol–water partition coefficient (Wildman–Crippen LogP) is 3.26. The summed E-state index contributed by atoms with van der Waals surface area (Å²) in [6, 6.07) is 8.80. The van der Waals surface area contributed by atoms with Gasteiger partial charge in [0.1, 0.15) is 17.5 Å². The number of amides is 2. The van der Waals surface area contributed by atoms with Gasteiger partial charge < -0.3 is 19.7 Å². The number of carbonyl (C=O) groups excluding carboxylic acids is 2. The highest BCUT2D eigenvalue weighted by Gasteiger charge is 2.31. The lowest BCUT2D eigenvalue weighted by Crippen LogP contribution is -2.49. The van der Waals surface area contributed by atoms with Crippen LogP contribution in [0.2, 0.25) is 0 Å². The topological polar surface area (TPSA) is 80.8 Å². The van der Waals surface area contributed by atoms with Crippen LogP contribution in [0, 0.1) is 6.92 Å². The number of nitrogens with one attached hydrogen (secondary N) is 1. The molecule has 1 aromatic heterocycles. The molecule has 3 rings (SSSR count). The van der Waals surface area contributed by atoms with Gasteiger partial charge in [-0.25, -0.2) is 0 Å². The second-order valence-corrected chi connectivity index (χ2v) is 7.74. The first kappa shape index (κ1) is 22.6. The van der Waals surface area contributed by atoms with Gasteiger partial charge in [0, 0.05) is 25.5 Å². The van der Waals surface area contributed by atoms with Gasteiger partial charge in [-0.05, 0) is 61.9 Å². The van der Waals surface area contributed by atoms with E-state index >= 15 is 0 Å². The predicted molar refractivity (Wildman–Crippen MR) is 118 cm³/mol. The Bertz CT molecular complexity index is 872. The van der Waals surface area contributed by atoms with Gasteiger partial charge in [0.25, 0.3) is 5.91 Å². The van der Waals surface area contributed by atoms with Crippen molar-refractivity contribution in [2.24, 2.45) is 0 Å². The van der Waals surface area contributed by atoms with Crippen molar-refractivity contribution in [3.05, 3.63) is 53.9 Å². The number of hydrogen-bond acceptors (Lipinski definition) is 5. The summed E-state index contributed by atoms with van der Waals surface area (Å²) >= 11 is 0. The lowest BCUT2D eigenvalue weighted by molar-refractivity contribution is -0.142. The van der Waals surface area contributed by atoms with E-state index in [9.17, 15) is 9.59 Å². The number of rotatable bonds is 9. The van der Waals surface area contributed by atoms with E-state index in [1.54, 1.807) is 29.4 Å². The van der Waals surface area contributed by atoms with Crippen molar-refractivity contribution in [3.8, 4) is 11.5 Å². The van der Waals surface area contributed by atoms with Crippen molar-refractivity contribution in [1.29, 1.82) is 0 Å². The molecule has 0 bridgehead atoms. The maximum absolute atomic E-state index is 13.2. The molecule has 1 aliphatic heterocycles. The van der Waals surface area contributed by atoms with Gasteiger partial charge >= 0.3 is 0 Å². The highest BCUT2D eigenvalue weighted by Crippen LogP contribution is 2.22. The lowest BCUT2D eigenvalue weighted by Gasteiger charge is -2.30. The Morgan fingerprint density at radius 3 is 2.74 bits per heavy atom. The van der Waals surface area contributed by atoms with E-state index in [1.807, 2.05) is 25.1 Å². The zero-order chi connectivity index (χ0) is 22.1. The van der Waals surface area contributed by atoms with Crippen LogP contribution in [0.25, 0.3) is 0 Å². The van der Waals surface area contributed by atoms with Gasteiger partial charge in [0.15, 0.2) is 6.61 Å². The van der Waals surface area contributed by atoms with Gasteiger partial charge in [-0.1, -0.05) is 19.1 Å². The number of benzene rings is 1. The molecule has 166 valence electrons. The molecule has 7 heteroatoms. The van der Waals surface area contributed by atoms with E-state index in [0.717, 1.165) is 36.1 Å². The summed E-state index contributed by atoms with van der Waals surface area (Å²) in [4.78, 5) is 31.4. The summed E-state index contributed by atoms with van der Waals surface area (Å²) in [6.07, 6.45) is 6.62. The Labute approximate surface area is 183 Å². The van der Waals surface area contributed by atoms with Crippen molar-refractivity contribution >= 4 is 11.8 Å². The van der Waals surface area contributed by atoms with E-state index in [1.165, 1.54) is 0 Å². The van der Waals surface area contributed by atoms with Crippen LogP contribution in [-0.4, -0.2) is 47.5 Å². The zero-order valence-electron chi connectivity index (χ0n) is 18.3. The molecule has 2 heterocycles. The first-order valence-corrected chi connectivity index (χ1v) is 10.9. The fourth-order valence-electron chi connectivity index (χ4n) is 3.64. The van der Waals surface area contributed by atoms with Crippen molar-refractivity contribution in [1.82, 2.24) is 15.2 Å². The Morgan fingerprint density at radius 2 is 2.00 bits per heavy atom. The fourth-order valence-corrected chi connectivity index (χ4v) is 3.64. The number of pyridine rings is 1. The van der Waals surface area contributed by atoms with Crippen LogP contribution in [0.5, 0.6) is 11.5 Å². The first-order chi connectivity index (χ1) is 15.1. The smallest absolute Gasteiger partial charge is 0.261 e. The molecule has 31 heavy (non-hydrogen) atoms. The van der Waals surface area contributed by atoms with Crippen LogP contribution in [0.3, 0.4) is 0 Å². The van der Waals surface area contributed by atoms with Gasteiger partial charge in [0.05, 0.1) is 6.61 Å². The summed E-state index contributed by atoms with van der Waals surface area (Å²) < 4.78 is 11.4. The van der Waals surface area contributed by atoms with E-state index in [2.05, 4.69) is 17.2 Å². The normalized spacial score (nSPS) is 16.2. The SMILES string of the molecule is CCCOc1ccc(CN(C(=O)COc2ccncc2)[C@H]2CCCCNC2=O)cc1C. The van der Waals surface area contributed by atoms with E-state index in [4.69, 9.17) is 9.47 Å². The van der Waals surface area contributed by atoms with Crippen LogP contribution in [0.15, 0.2) is 42.7 Å². The average molecular weight is 426 g/mol. The Hall–Kier alpha value is -3.09. The zero-order valence-corrected chi connectivity index (χ0v) is 18.3. The van der Waals surface area contributed by atoms with E-state index in [0.29, 0.717) is 31.9 Å². The molecule has 1 N–H and O–H groups in total. The molecule has 1 atom stereocenters. The van der Waals surface area contributed by atoms with Gasteiger partial charge in [-0.3, -0.25) is 14.6 Å². The number of nitrogens with zero attached hydrogens (tertiary/aromatic N) is 2. The van der Waals surface area contributed by atoms with Gasteiger partial charge in [-0.15, -0.1) is 0 Å². The Balaban J connectivity index is 1.77. The van der Waals surface area contributed by atoms with Crippen molar-refractivity contribution < 1.29 is 19.1 Å². The minimum Gasteiger partial charge on any atom is -0.493 e. The lowest BCUT2D eigenvalue weighted by atomic mass is 10.1. The number of carbonyl (C=O) groups is 2. The first-order valence-electron chi connectivity index (χ1n) is 10.9. The molecular formula is C24H31N3O4. The Morgan fingerprint density at radius 1 is 1.19 bits per heavy atom. The molecule has 1 aromatic carbocycles. The highest BCUT2D eigenvalue weighted by molar-refractivity contribution is 5.88. The molecule has 0 spiro atoms. The van der Waals surface area contributed by atoms with Gasteiger partial charge in [0.2, 0.25) is 5.91 Å². The average Bonchev–Trinajstić information content (AvgIpc) is 3.00. The molecule has 0 unspecified atom stereocenters. The van der Waals surface area contributed by atoms with Crippen LogP contribution in [0.4, 0.5) is 0 Å². The molecule has 0 aliphatic carbocycles. The second kappa shape index (κ2) is 11.3. The third kappa shape index (κ3) is 6.44. The molecule has 0 saturated carbocycles. The Kier molecular flexibility index (Phi) is 8.27.